The van der Waals surface area contributed by atoms with Crippen LogP contribution in [0.3, 0.4) is 0 Å². The number of hydrogen-bond donors (Lipinski definition) is 3. The molecule has 0 fully saturated rings. The fraction of sp³-hybridized carbons (Fsp3) is 0.947. The molecule has 2 unspecified atom stereocenters. The Labute approximate surface area is 581 Å². The second-order valence-corrected chi connectivity index (χ2v) is 31.3. The van der Waals surface area contributed by atoms with Gasteiger partial charge in [0, 0.05) is 25.7 Å². The fourth-order valence-corrected chi connectivity index (χ4v) is 13.2. The lowest BCUT2D eigenvalue weighted by atomic mass is 10.0. The highest BCUT2D eigenvalue weighted by molar-refractivity contribution is 7.47. The van der Waals surface area contributed by atoms with E-state index in [0.29, 0.717) is 25.7 Å². The lowest BCUT2D eigenvalue weighted by Gasteiger charge is -2.21. The van der Waals surface area contributed by atoms with E-state index in [9.17, 15) is 43.2 Å². The van der Waals surface area contributed by atoms with Gasteiger partial charge < -0.3 is 33.8 Å². The van der Waals surface area contributed by atoms with Crippen molar-refractivity contribution in [3.05, 3.63) is 0 Å². The molecule has 5 atom stereocenters. The average molecular weight is 1400 g/mol. The minimum atomic E-state index is -4.96. The first-order valence-corrected chi connectivity index (χ1v) is 42.5. The normalized spacial score (nSPS) is 14.0. The number of phosphoric acid groups is 2. The summed E-state index contributed by atoms with van der Waals surface area (Å²) in [5.74, 6) is -0.576. The highest BCUT2D eigenvalue weighted by atomic mass is 31.2. The number of unbranched alkanes of at least 4 members (excludes halogenated alkanes) is 45. The fourth-order valence-electron chi connectivity index (χ4n) is 11.7. The van der Waals surface area contributed by atoms with Crippen LogP contribution in [-0.4, -0.2) is 96.7 Å². The third kappa shape index (κ3) is 70.3. The third-order valence-electron chi connectivity index (χ3n) is 17.7. The molecule has 0 saturated heterocycles. The molecule has 95 heavy (non-hydrogen) atoms. The number of aliphatic hydroxyl groups is 1. The van der Waals surface area contributed by atoms with Gasteiger partial charge in [0.2, 0.25) is 0 Å². The predicted octanol–water partition coefficient (Wildman–Crippen LogP) is 22.3. The van der Waals surface area contributed by atoms with Gasteiger partial charge in [-0.3, -0.25) is 37.3 Å². The van der Waals surface area contributed by atoms with E-state index in [2.05, 4.69) is 41.5 Å². The van der Waals surface area contributed by atoms with Gasteiger partial charge in [-0.1, -0.05) is 343 Å². The minimum absolute atomic E-state index is 0.107. The quantitative estimate of drug-likeness (QED) is 0.0222. The molecule has 0 aromatic rings. The summed E-state index contributed by atoms with van der Waals surface area (Å²) >= 11 is 0. The molecule has 0 radical (unpaired) electrons. The molecule has 0 saturated carbocycles. The van der Waals surface area contributed by atoms with Crippen LogP contribution in [0.15, 0.2) is 0 Å². The average Bonchev–Trinajstić information content (AvgIpc) is 1.75. The second kappa shape index (κ2) is 67.9. The summed E-state index contributed by atoms with van der Waals surface area (Å²) in [6.07, 6.45) is 55.3. The first-order valence-electron chi connectivity index (χ1n) is 39.5. The summed E-state index contributed by atoms with van der Waals surface area (Å²) in [7, 11) is -9.91. The molecule has 0 spiro atoms. The summed E-state index contributed by atoms with van der Waals surface area (Å²) in [5, 5.41) is 10.6. The van der Waals surface area contributed by atoms with Crippen LogP contribution < -0.4 is 0 Å². The van der Waals surface area contributed by atoms with Gasteiger partial charge in [0.05, 0.1) is 26.4 Å². The van der Waals surface area contributed by atoms with Crippen molar-refractivity contribution in [3.8, 4) is 0 Å². The van der Waals surface area contributed by atoms with Crippen LogP contribution in [-0.2, 0) is 65.4 Å². The largest absolute Gasteiger partial charge is 0.472 e. The molecule has 0 aliphatic heterocycles. The Morgan fingerprint density at radius 3 is 0.716 bits per heavy atom. The van der Waals surface area contributed by atoms with Gasteiger partial charge >= 0.3 is 39.5 Å². The van der Waals surface area contributed by atoms with Crippen LogP contribution in [0.2, 0.25) is 0 Å². The molecule has 0 aliphatic rings. The zero-order chi connectivity index (χ0) is 70.0. The molecule has 0 heterocycles. The molecule has 0 aromatic carbocycles. The summed E-state index contributed by atoms with van der Waals surface area (Å²) in [6, 6.07) is 0. The molecule has 0 rings (SSSR count). The number of carbonyl (C=O) groups is 4. The Morgan fingerprint density at radius 2 is 0.484 bits per heavy atom. The maximum atomic E-state index is 13.1. The van der Waals surface area contributed by atoms with Crippen molar-refractivity contribution in [2.24, 2.45) is 11.8 Å². The van der Waals surface area contributed by atoms with Crippen molar-refractivity contribution in [3.63, 3.8) is 0 Å². The van der Waals surface area contributed by atoms with Crippen molar-refractivity contribution in [1.29, 1.82) is 0 Å². The van der Waals surface area contributed by atoms with Gasteiger partial charge in [-0.25, -0.2) is 9.13 Å². The number of rotatable bonds is 75. The van der Waals surface area contributed by atoms with Crippen molar-refractivity contribution >= 4 is 39.5 Å². The summed E-state index contributed by atoms with van der Waals surface area (Å²) in [6.45, 7) is 9.61. The smallest absolute Gasteiger partial charge is 0.462 e. The van der Waals surface area contributed by atoms with Crippen LogP contribution >= 0.6 is 15.6 Å². The van der Waals surface area contributed by atoms with Gasteiger partial charge in [0.25, 0.3) is 0 Å². The van der Waals surface area contributed by atoms with E-state index in [0.717, 1.165) is 102 Å². The van der Waals surface area contributed by atoms with Crippen LogP contribution in [0.4, 0.5) is 0 Å². The Hall–Kier alpha value is -1.94. The SMILES string of the molecule is CCCCCCCCCCCCCCCCC(=O)O[C@H](COC(=O)CCCCCCCCCCCCCCC)COP(=O)(O)OC[C@H](O)COP(=O)(O)OC[C@@H](COC(=O)CCCCCCCCCCCCCC(C)C)OC(=O)CCCCCCCCCCCCCC(C)C. The van der Waals surface area contributed by atoms with E-state index < -0.39 is 97.5 Å². The molecule has 0 aromatic heterocycles. The molecular formula is C76H148O17P2. The first kappa shape index (κ1) is 93.1. The summed E-state index contributed by atoms with van der Waals surface area (Å²) < 4.78 is 68.6. The minimum Gasteiger partial charge on any atom is -0.462 e. The monoisotopic (exact) mass is 1400 g/mol. The van der Waals surface area contributed by atoms with E-state index in [4.69, 9.17) is 37.0 Å². The number of hydrogen-bond acceptors (Lipinski definition) is 15. The number of carbonyl (C=O) groups excluding carboxylic acids is 4. The van der Waals surface area contributed by atoms with Crippen molar-refractivity contribution < 1.29 is 80.2 Å². The van der Waals surface area contributed by atoms with Gasteiger partial charge in [0.15, 0.2) is 12.2 Å². The molecule has 3 N–H and O–H groups in total. The molecule has 0 bridgehead atoms. The van der Waals surface area contributed by atoms with Crippen LogP contribution in [0.1, 0.15) is 395 Å². The Balaban J connectivity index is 5.27. The number of aliphatic hydroxyl groups excluding tert-OH is 1. The van der Waals surface area contributed by atoms with Crippen LogP contribution in [0.25, 0.3) is 0 Å². The van der Waals surface area contributed by atoms with Crippen LogP contribution in [0, 0.1) is 11.8 Å². The third-order valence-corrected chi connectivity index (χ3v) is 19.6. The van der Waals surface area contributed by atoms with Gasteiger partial charge in [0.1, 0.15) is 19.3 Å². The molecule has 564 valence electrons. The Kier molecular flexibility index (Phi) is 66.5. The Bertz CT molecular complexity index is 1840. The molecule has 0 amide bonds. The standard InChI is InChI=1S/C76H148O17P2/c1-7-9-11-13-15-17-19-21-23-29-36-42-48-54-60-75(80)92-71(64-86-73(78)58-52-46-40-34-28-22-20-18-16-14-12-10-8-2)66-90-94(82,83)88-62-70(77)63-89-95(84,85)91-67-72(93-76(81)61-55-49-43-37-31-25-27-33-39-45-51-57-69(5)6)65-87-74(79)59-53-47-41-35-30-24-26-32-38-44-50-56-68(3)4/h68-72,77H,7-67H2,1-6H3,(H,82,83)(H,84,85)/t70-,71+,72+/m0/s1. The van der Waals surface area contributed by atoms with E-state index >= 15 is 0 Å². The van der Waals surface area contributed by atoms with Gasteiger partial charge in [-0.15, -0.1) is 0 Å². The Morgan fingerprint density at radius 1 is 0.284 bits per heavy atom. The van der Waals surface area contributed by atoms with Crippen molar-refractivity contribution in [2.75, 3.05) is 39.6 Å². The molecule has 17 nitrogen and oxygen atoms in total. The van der Waals surface area contributed by atoms with E-state index in [-0.39, 0.29) is 25.7 Å². The lowest BCUT2D eigenvalue weighted by molar-refractivity contribution is -0.161. The zero-order valence-electron chi connectivity index (χ0n) is 62.0. The topological polar surface area (TPSA) is 237 Å². The van der Waals surface area contributed by atoms with Crippen LogP contribution in [0.5, 0.6) is 0 Å². The van der Waals surface area contributed by atoms with Gasteiger partial charge in [-0.05, 0) is 37.5 Å². The molecule has 19 heteroatoms. The zero-order valence-corrected chi connectivity index (χ0v) is 63.8. The molecule has 0 aliphatic carbocycles. The summed E-state index contributed by atoms with van der Waals surface area (Å²) in [4.78, 5) is 72.9. The maximum absolute atomic E-state index is 13.1. The van der Waals surface area contributed by atoms with Gasteiger partial charge in [-0.2, -0.15) is 0 Å². The van der Waals surface area contributed by atoms with E-state index in [1.165, 1.54) is 212 Å². The van der Waals surface area contributed by atoms with Crippen molar-refractivity contribution in [2.45, 2.75) is 413 Å². The number of phosphoric ester groups is 2. The second-order valence-electron chi connectivity index (χ2n) is 28.3. The van der Waals surface area contributed by atoms with Crippen molar-refractivity contribution in [1.82, 2.24) is 0 Å². The number of ether oxygens (including phenoxy) is 4. The summed E-state index contributed by atoms with van der Waals surface area (Å²) in [5.41, 5.74) is 0. The first-order chi connectivity index (χ1) is 45.9. The highest BCUT2D eigenvalue weighted by Gasteiger charge is 2.30. The van der Waals surface area contributed by atoms with E-state index in [1.54, 1.807) is 0 Å². The maximum Gasteiger partial charge on any atom is 0.472 e. The lowest BCUT2D eigenvalue weighted by Crippen LogP contribution is -2.30. The molecular weight excluding hydrogens is 1250 g/mol. The number of esters is 4. The van der Waals surface area contributed by atoms with E-state index in [1.807, 2.05) is 0 Å². The highest BCUT2D eigenvalue weighted by Crippen LogP contribution is 2.45. The predicted molar refractivity (Wildman–Crippen MR) is 386 cm³/mol.